The Kier molecular flexibility index (Phi) is 5.95. The van der Waals surface area contributed by atoms with Crippen LogP contribution in [0.1, 0.15) is 41.1 Å². The van der Waals surface area contributed by atoms with Gasteiger partial charge in [-0.15, -0.1) is 0 Å². The van der Waals surface area contributed by atoms with E-state index in [2.05, 4.69) is 25.2 Å². The molecule has 0 spiro atoms. The molecule has 3 heterocycles. The highest BCUT2D eigenvalue weighted by atomic mass is 16.2. The van der Waals surface area contributed by atoms with E-state index in [-0.39, 0.29) is 23.6 Å². The molecule has 0 bridgehead atoms. The Morgan fingerprint density at radius 3 is 2.48 bits per heavy atom. The van der Waals surface area contributed by atoms with Gasteiger partial charge in [-0.3, -0.25) is 14.6 Å². The number of rotatable bonds is 5. The molecule has 1 aliphatic rings. The smallest absolute Gasteiger partial charge is 0.270 e. The van der Waals surface area contributed by atoms with Gasteiger partial charge in [0.05, 0.1) is 0 Å². The molecule has 1 unspecified atom stereocenters. The molecule has 0 saturated carbocycles. The van der Waals surface area contributed by atoms with Crippen molar-refractivity contribution in [2.75, 3.05) is 31.1 Å². The third-order valence-electron chi connectivity index (χ3n) is 4.63. The Morgan fingerprint density at radius 2 is 1.81 bits per heavy atom. The van der Waals surface area contributed by atoms with E-state index in [0.717, 1.165) is 6.42 Å². The fourth-order valence-corrected chi connectivity index (χ4v) is 2.83. The summed E-state index contributed by atoms with van der Waals surface area (Å²) in [6, 6.07) is 5.05. The van der Waals surface area contributed by atoms with Crippen LogP contribution in [0.3, 0.4) is 0 Å². The second-order valence-electron chi connectivity index (χ2n) is 6.54. The van der Waals surface area contributed by atoms with Crippen molar-refractivity contribution in [1.82, 2.24) is 25.2 Å². The molecule has 2 amide bonds. The number of piperazine rings is 1. The molecule has 2 aromatic heterocycles. The maximum Gasteiger partial charge on any atom is 0.270 e. The molecule has 3 rings (SSSR count). The number of carbonyl (C=O) groups excluding carboxylic acids is 2. The fraction of sp³-hybridized carbons (Fsp3) is 0.421. The zero-order chi connectivity index (χ0) is 19.2. The highest BCUT2D eigenvalue weighted by Gasteiger charge is 2.24. The van der Waals surface area contributed by atoms with Crippen molar-refractivity contribution < 1.29 is 9.59 Å². The van der Waals surface area contributed by atoms with Crippen LogP contribution < -0.4 is 10.2 Å². The lowest BCUT2D eigenvalue weighted by molar-refractivity contribution is 0.0746. The first-order valence-electron chi connectivity index (χ1n) is 9.16. The summed E-state index contributed by atoms with van der Waals surface area (Å²) >= 11 is 0. The predicted octanol–water partition coefficient (Wildman–Crippen LogP) is 1.36. The third kappa shape index (κ3) is 4.58. The first-order valence-corrected chi connectivity index (χ1v) is 9.16. The van der Waals surface area contributed by atoms with Gasteiger partial charge >= 0.3 is 0 Å². The summed E-state index contributed by atoms with van der Waals surface area (Å²) in [5.41, 5.74) is 0.737. The monoisotopic (exact) mass is 368 g/mol. The zero-order valence-corrected chi connectivity index (χ0v) is 15.6. The highest BCUT2D eigenvalue weighted by Crippen LogP contribution is 2.13. The molecular weight excluding hydrogens is 344 g/mol. The van der Waals surface area contributed by atoms with Crippen molar-refractivity contribution in [2.45, 2.75) is 26.3 Å². The summed E-state index contributed by atoms with van der Waals surface area (Å²) in [4.78, 5) is 41.5. The number of hydrogen-bond acceptors (Lipinski definition) is 6. The molecule has 1 atom stereocenters. The predicted molar refractivity (Wildman–Crippen MR) is 102 cm³/mol. The topological polar surface area (TPSA) is 91.3 Å². The summed E-state index contributed by atoms with van der Waals surface area (Å²) in [7, 11) is 0. The van der Waals surface area contributed by atoms with E-state index >= 15 is 0 Å². The van der Waals surface area contributed by atoms with Gasteiger partial charge in [0.15, 0.2) is 0 Å². The van der Waals surface area contributed by atoms with E-state index in [0.29, 0.717) is 37.7 Å². The van der Waals surface area contributed by atoms with Crippen LogP contribution in [-0.4, -0.2) is 63.9 Å². The number of nitrogens with zero attached hydrogens (tertiary/aromatic N) is 5. The van der Waals surface area contributed by atoms with Gasteiger partial charge in [0.25, 0.3) is 11.8 Å². The van der Waals surface area contributed by atoms with E-state index in [1.807, 2.05) is 13.8 Å². The van der Waals surface area contributed by atoms with Gasteiger partial charge in [-0.2, -0.15) is 0 Å². The first kappa shape index (κ1) is 18.8. The van der Waals surface area contributed by atoms with Crippen molar-refractivity contribution in [3.63, 3.8) is 0 Å². The minimum absolute atomic E-state index is 0.0620. The quantitative estimate of drug-likeness (QED) is 0.857. The Balaban J connectivity index is 1.63. The number of hydrogen-bond donors (Lipinski definition) is 1. The van der Waals surface area contributed by atoms with Gasteiger partial charge in [0, 0.05) is 56.4 Å². The van der Waals surface area contributed by atoms with Crippen LogP contribution in [0.15, 0.2) is 36.8 Å². The van der Waals surface area contributed by atoms with Crippen molar-refractivity contribution in [3.8, 4) is 0 Å². The molecule has 0 aromatic carbocycles. The van der Waals surface area contributed by atoms with Crippen LogP contribution >= 0.6 is 0 Å². The second kappa shape index (κ2) is 8.57. The maximum atomic E-state index is 12.8. The molecule has 27 heavy (non-hydrogen) atoms. The largest absolute Gasteiger partial charge is 0.348 e. The van der Waals surface area contributed by atoms with Gasteiger partial charge in [0.2, 0.25) is 5.95 Å². The normalized spacial score (nSPS) is 15.3. The van der Waals surface area contributed by atoms with Gasteiger partial charge in [-0.05, 0) is 31.5 Å². The number of nitrogens with one attached hydrogen (secondary N) is 1. The summed E-state index contributed by atoms with van der Waals surface area (Å²) in [6.45, 7) is 6.42. The van der Waals surface area contributed by atoms with Gasteiger partial charge in [-0.25, -0.2) is 9.97 Å². The lowest BCUT2D eigenvalue weighted by Gasteiger charge is -2.34. The van der Waals surface area contributed by atoms with Crippen LogP contribution in [0, 0.1) is 0 Å². The summed E-state index contributed by atoms with van der Waals surface area (Å²) in [6.07, 6.45) is 5.76. The molecule has 2 aromatic rings. The number of anilines is 1. The van der Waals surface area contributed by atoms with Crippen LogP contribution in [0.4, 0.5) is 5.95 Å². The number of carbonyl (C=O) groups is 2. The summed E-state index contributed by atoms with van der Waals surface area (Å²) in [5.74, 6) is 0.325. The number of amides is 2. The fourth-order valence-electron chi connectivity index (χ4n) is 2.83. The van der Waals surface area contributed by atoms with E-state index in [1.165, 1.54) is 6.20 Å². The minimum Gasteiger partial charge on any atom is -0.348 e. The standard InChI is InChI=1S/C19H24N6O2/c1-3-14(2)23-17(26)16-13-15(5-8-20-16)18(27)24-9-11-25(12-10-24)19-21-6-4-7-22-19/h4-8,13-14H,3,9-12H2,1-2H3,(H,23,26). The molecule has 0 aliphatic carbocycles. The Hall–Kier alpha value is -3.03. The lowest BCUT2D eigenvalue weighted by Crippen LogP contribution is -2.49. The zero-order valence-electron chi connectivity index (χ0n) is 15.6. The third-order valence-corrected chi connectivity index (χ3v) is 4.63. The molecule has 1 aliphatic heterocycles. The van der Waals surface area contributed by atoms with Gasteiger partial charge in [-0.1, -0.05) is 6.92 Å². The molecule has 1 fully saturated rings. The molecule has 8 heteroatoms. The Bertz CT molecular complexity index is 790. The maximum absolute atomic E-state index is 12.8. The second-order valence-corrected chi connectivity index (χ2v) is 6.54. The average molecular weight is 368 g/mol. The van der Waals surface area contributed by atoms with E-state index < -0.39 is 0 Å². The first-order chi connectivity index (χ1) is 13.1. The average Bonchev–Trinajstić information content (AvgIpc) is 2.74. The van der Waals surface area contributed by atoms with Crippen LogP contribution in [0.5, 0.6) is 0 Å². The van der Waals surface area contributed by atoms with E-state index in [4.69, 9.17) is 0 Å². The number of pyridine rings is 1. The molecule has 142 valence electrons. The highest BCUT2D eigenvalue weighted by molar-refractivity contribution is 5.98. The minimum atomic E-state index is -0.259. The molecular formula is C19H24N6O2. The van der Waals surface area contributed by atoms with Gasteiger partial charge in [0.1, 0.15) is 5.69 Å². The van der Waals surface area contributed by atoms with Crippen LogP contribution in [-0.2, 0) is 0 Å². The molecule has 1 N–H and O–H groups in total. The van der Waals surface area contributed by atoms with Crippen LogP contribution in [0.25, 0.3) is 0 Å². The van der Waals surface area contributed by atoms with Crippen molar-refractivity contribution in [1.29, 1.82) is 0 Å². The van der Waals surface area contributed by atoms with Crippen molar-refractivity contribution in [3.05, 3.63) is 48.0 Å². The van der Waals surface area contributed by atoms with E-state index in [1.54, 1.807) is 35.5 Å². The summed E-state index contributed by atoms with van der Waals surface area (Å²) in [5, 5.41) is 2.87. The number of aromatic nitrogens is 3. The van der Waals surface area contributed by atoms with Crippen molar-refractivity contribution in [2.24, 2.45) is 0 Å². The van der Waals surface area contributed by atoms with Crippen molar-refractivity contribution >= 4 is 17.8 Å². The van der Waals surface area contributed by atoms with E-state index in [9.17, 15) is 9.59 Å². The Labute approximate surface area is 158 Å². The molecule has 0 radical (unpaired) electrons. The summed E-state index contributed by atoms with van der Waals surface area (Å²) < 4.78 is 0. The lowest BCUT2D eigenvalue weighted by atomic mass is 10.1. The van der Waals surface area contributed by atoms with Gasteiger partial charge < -0.3 is 15.1 Å². The Morgan fingerprint density at radius 1 is 1.11 bits per heavy atom. The molecule has 8 nitrogen and oxygen atoms in total. The SMILES string of the molecule is CCC(C)NC(=O)c1cc(C(=O)N2CCN(c3ncccn3)CC2)ccn1. The molecule has 1 saturated heterocycles. The van der Waals surface area contributed by atoms with Crippen LogP contribution in [0.2, 0.25) is 0 Å².